The molecular weight excluding hydrogens is 222 g/mol. The smallest absolute Gasteiger partial charge is 0.130 e. The van der Waals surface area contributed by atoms with Crippen LogP contribution in [0.2, 0.25) is 0 Å². The summed E-state index contributed by atoms with van der Waals surface area (Å²) >= 11 is 0. The van der Waals surface area contributed by atoms with E-state index in [-0.39, 0.29) is 11.4 Å². The first-order valence-corrected chi connectivity index (χ1v) is 5.87. The highest BCUT2D eigenvalue weighted by atomic mass is 19.1. The highest BCUT2D eigenvalue weighted by molar-refractivity contribution is 5.98. The van der Waals surface area contributed by atoms with Gasteiger partial charge < -0.3 is 5.73 Å². The average Bonchev–Trinajstić information content (AvgIpc) is 2.25. The van der Waals surface area contributed by atoms with Crippen molar-refractivity contribution >= 4 is 5.84 Å². The molecule has 1 aromatic rings. The number of halogens is 2. The van der Waals surface area contributed by atoms with E-state index in [1.807, 2.05) is 13.8 Å². The molecule has 4 heteroatoms. The van der Waals surface area contributed by atoms with E-state index < -0.39 is 11.6 Å². The van der Waals surface area contributed by atoms with Crippen molar-refractivity contribution < 1.29 is 8.78 Å². The monoisotopic (exact) mass is 240 g/mol. The van der Waals surface area contributed by atoms with Crippen LogP contribution in [0.4, 0.5) is 8.78 Å². The third kappa shape index (κ3) is 2.81. The van der Waals surface area contributed by atoms with Gasteiger partial charge in [0.1, 0.15) is 17.5 Å². The second kappa shape index (κ2) is 5.75. The van der Waals surface area contributed by atoms with Gasteiger partial charge >= 0.3 is 0 Å². The molecule has 0 radical (unpaired) electrons. The van der Waals surface area contributed by atoms with Crippen molar-refractivity contribution in [2.75, 3.05) is 0 Å². The molecule has 17 heavy (non-hydrogen) atoms. The normalized spacial score (nSPS) is 10.6. The van der Waals surface area contributed by atoms with Crippen LogP contribution in [0.1, 0.15) is 43.4 Å². The lowest BCUT2D eigenvalue weighted by Gasteiger charge is -2.15. The van der Waals surface area contributed by atoms with Crippen molar-refractivity contribution in [2.24, 2.45) is 5.73 Å². The lowest BCUT2D eigenvalue weighted by atomic mass is 9.93. The van der Waals surface area contributed by atoms with Crippen LogP contribution in [0.5, 0.6) is 0 Å². The van der Waals surface area contributed by atoms with Crippen molar-refractivity contribution in [1.29, 1.82) is 5.41 Å². The lowest BCUT2D eigenvalue weighted by Crippen LogP contribution is -2.19. The summed E-state index contributed by atoms with van der Waals surface area (Å²) in [6, 6.07) is 0.905. The molecule has 0 aliphatic heterocycles. The number of hydrogen-bond acceptors (Lipinski definition) is 1. The Morgan fingerprint density at radius 1 is 1.12 bits per heavy atom. The number of nitrogens with one attached hydrogen (secondary N) is 1. The van der Waals surface area contributed by atoms with E-state index in [1.54, 1.807) is 0 Å². The predicted octanol–water partition coefficient (Wildman–Crippen LogP) is 3.15. The van der Waals surface area contributed by atoms with Crippen molar-refractivity contribution in [2.45, 2.75) is 39.5 Å². The summed E-state index contributed by atoms with van der Waals surface area (Å²) in [5.74, 6) is -1.46. The van der Waals surface area contributed by atoms with Crippen LogP contribution in [-0.4, -0.2) is 5.84 Å². The van der Waals surface area contributed by atoms with Gasteiger partial charge in [0, 0.05) is 11.6 Å². The Balaban J connectivity index is 3.47. The third-order valence-corrected chi connectivity index (χ3v) is 2.70. The highest BCUT2D eigenvalue weighted by Gasteiger charge is 2.19. The van der Waals surface area contributed by atoms with Crippen LogP contribution in [0, 0.1) is 17.0 Å². The van der Waals surface area contributed by atoms with Gasteiger partial charge in [0.05, 0.1) is 0 Å². The fourth-order valence-corrected chi connectivity index (χ4v) is 2.02. The molecule has 0 aliphatic rings. The minimum Gasteiger partial charge on any atom is -0.384 e. The van der Waals surface area contributed by atoms with Crippen LogP contribution < -0.4 is 5.73 Å². The molecule has 0 amide bonds. The number of benzene rings is 1. The fourth-order valence-electron chi connectivity index (χ4n) is 2.02. The van der Waals surface area contributed by atoms with Crippen LogP contribution >= 0.6 is 0 Å². The van der Waals surface area contributed by atoms with Gasteiger partial charge in [-0.15, -0.1) is 0 Å². The molecule has 2 nitrogen and oxygen atoms in total. The summed E-state index contributed by atoms with van der Waals surface area (Å²) in [7, 11) is 0. The molecule has 3 N–H and O–H groups in total. The summed E-state index contributed by atoms with van der Waals surface area (Å²) in [4.78, 5) is 0. The first-order valence-electron chi connectivity index (χ1n) is 5.87. The molecule has 0 fully saturated rings. The van der Waals surface area contributed by atoms with E-state index in [0.717, 1.165) is 18.9 Å². The molecule has 1 rings (SSSR count). The van der Waals surface area contributed by atoms with Crippen LogP contribution in [0.25, 0.3) is 0 Å². The number of amidine groups is 1. The SMILES string of the molecule is CCCc1c(F)cc(F)c(CCC)c1C(=N)N. The quantitative estimate of drug-likeness (QED) is 0.603. The molecule has 0 atom stereocenters. The van der Waals surface area contributed by atoms with Crippen LogP contribution in [0.15, 0.2) is 6.07 Å². The summed E-state index contributed by atoms with van der Waals surface area (Å²) in [6.45, 7) is 3.82. The first kappa shape index (κ1) is 13.6. The van der Waals surface area contributed by atoms with Gasteiger partial charge in [-0.25, -0.2) is 8.78 Å². The van der Waals surface area contributed by atoms with E-state index >= 15 is 0 Å². The second-order valence-electron chi connectivity index (χ2n) is 4.09. The van der Waals surface area contributed by atoms with Gasteiger partial charge in [-0.1, -0.05) is 26.7 Å². The third-order valence-electron chi connectivity index (χ3n) is 2.70. The molecular formula is C13H18F2N2. The molecule has 0 heterocycles. The molecule has 0 bridgehead atoms. The van der Waals surface area contributed by atoms with Crippen molar-refractivity contribution in [3.05, 3.63) is 34.4 Å². The Bertz CT molecular complexity index is 398. The predicted molar refractivity (Wildman–Crippen MR) is 65.4 cm³/mol. The fraction of sp³-hybridized carbons (Fsp3) is 0.462. The summed E-state index contributed by atoms with van der Waals surface area (Å²) in [5.41, 5.74) is 6.45. The molecule has 0 aliphatic carbocycles. The lowest BCUT2D eigenvalue weighted by molar-refractivity contribution is 0.558. The Labute approximate surface area is 100 Å². The van der Waals surface area contributed by atoms with Crippen LogP contribution in [0.3, 0.4) is 0 Å². The molecule has 0 saturated heterocycles. The van der Waals surface area contributed by atoms with Gasteiger partial charge in [-0.2, -0.15) is 0 Å². The Morgan fingerprint density at radius 3 is 1.82 bits per heavy atom. The number of nitrogens with two attached hydrogens (primary N) is 1. The molecule has 94 valence electrons. The topological polar surface area (TPSA) is 49.9 Å². The molecule has 0 spiro atoms. The minimum absolute atomic E-state index is 0.254. The largest absolute Gasteiger partial charge is 0.384 e. The summed E-state index contributed by atoms with van der Waals surface area (Å²) in [6.07, 6.45) is 2.40. The summed E-state index contributed by atoms with van der Waals surface area (Å²) < 4.78 is 27.4. The zero-order chi connectivity index (χ0) is 13.0. The zero-order valence-corrected chi connectivity index (χ0v) is 10.2. The standard InChI is InChI=1S/C13H18F2N2/c1-3-5-8-10(14)7-11(15)9(6-4-2)12(8)13(16)17/h7H,3-6H2,1-2H3,(H3,16,17). The Hall–Kier alpha value is -1.45. The van der Waals surface area contributed by atoms with Gasteiger partial charge in [-0.3, -0.25) is 5.41 Å². The van der Waals surface area contributed by atoms with Crippen molar-refractivity contribution in [3.63, 3.8) is 0 Å². The Morgan fingerprint density at radius 2 is 1.53 bits per heavy atom. The molecule has 0 unspecified atom stereocenters. The van der Waals surface area contributed by atoms with E-state index in [0.29, 0.717) is 24.0 Å². The second-order valence-corrected chi connectivity index (χ2v) is 4.09. The average molecular weight is 240 g/mol. The van der Waals surface area contributed by atoms with Crippen LogP contribution in [-0.2, 0) is 12.8 Å². The van der Waals surface area contributed by atoms with E-state index in [1.165, 1.54) is 0 Å². The van der Waals surface area contributed by atoms with Crippen molar-refractivity contribution in [3.8, 4) is 0 Å². The molecule has 0 aromatic heterocycles. The molecule has 1 aromatic carbocycles. The zero-order valence-electron chi connectivity index (χ0n) is 10.2. The highest BCUT2D eigenvalue weighted by Crippen LogP contribution is 2.24. The van der Waals surface area contributed by atoms with Crippen molar-refractivity contribution in [1.82, 2.24) is 0 Å². The summed E-state index contributed by atoms with van der Waals surface area (Å²) in [5, 5.41) is 7.51. The van der Waals surface area contributed by atoms with E-state index in [4.69, 9.17) is 11.1 Å². The Kier molecular flexibility index (Phi) is 4.61. The maximum Gasteiger partial charge on any atom is 0.130 e. The first-order chi connectivity index (χ1) is 8.02. The van der Waals surface area contributed by atoms with Gasteiger partial charge in [0.2, 0.25) is 0 Å². The van der Waals surface area contributed by atoms with Gasteiger partial charge in [-0.05, 0) is 24.0 Å². The molecule has 0 saturated carbocycles. The number of nitrogen functional groups attached to an aromatic ring is 1. The van der Waals surface area contributed by atoms with Gasteiger partial charge in [0.25, 0.3) is 0 Å². The minimum atomic E-state index is -0.602. The van der Waals surface area contributed by atoms with E-state index in [9.17, 15) is 8.78 Å². The number of rotatable bonds is 5. The maximum absolute atomic E-state index is 13.7. The number of hydrogen-bond donors (Lipinski definition) is 2. The van der Waals surface area contributed by atoms with Gasteiger partial charge in [0.15, 0.2) is 0 Å². The maximum atomic E-state index is 13.7. The van der Waals surface area contributed by atoms with E-state index in [2.05, 4.69) is 0 Å².